The molecular formula is C30H29F6N5O2. The molecule has 2 heterocycles. The van der Waals surface area contributed by atoms with Crippen molar-refractivity contribution in [1.82, 2.24) is 19.7 Å². The van der Waals surface area contributed by atoms with Crippen LogP contribution in [0.2, 0.25) is 0 Å². The zero-order valence-electron chi connectivity index (χ0n) is 23.0. The van der Waals surface area contributed by atoms with E-state index < -0.39 is 51.8 Å². The number of nitrogens with zero attached hydrogens (tertiary/aromatic N) is 5. The van der Waals surface area contributed by atoms with Crippen LogP contribution in [0.3, 0.4) is 0 Å². The van der Waals surface area contributed by atoms with Gasteiger partial charge >= 0.3 is 6.18 Å². The third kappa shape index (κ3) is 4.99. The Bertz CT molecular complexity index is 1530. The molecule has 13 heteroatoms. The Morgan fingerprint density at radius 1 is 0.930 bits per heavy atom. The van der Waals surface area contributed by atoms with Crippen molar-refractivity contribution in [1.29, 1.82) is 0 Å². The van der Waals surface area contributed by atoms with Crippen molar-refractivity contribution in [3.05, 3.63) is 71.1 Å². The summed E-state index contributed by atoms with van der Waals surface area (Å²) in [5.74, 6) is -4.75. The third-order valence-corrected chi connectivity index (χ3v) is 9.21. The minimum atomic E-state index is -5.15. The standard InChI is InChI=1S/C30H29F6N5O2/c31-19-7-23(32)27(24(33)8-19)29(43)26-22(30(34,35)36)9-21(41-15-37-14-38-41)10-25(26)40(28(29)42)13-18-5-20(6-18)39(11-16-1-2-16)12-17-3-4-17/h7-10,14-18,20,43H,1-6,11-13H2. The smallest absolute Gasteiger partial charge is 0.371 e. The van der Waals surface area contributed by atoms with Gasteiger partial charge < -0.3 is 10.0 Å². The molecule has 0 saturated heterocycles. The highest BCUT2D eigenvalue weighted by Gasteiger charge is 2.58. The van der Waals surface area contributed by atoms with Crippen molar-refractivity contribution in [2.45, 2.75) is 56.3 Å². The number of fused-ring (bicyclic) bond motifs is 1. The fourth-order valence-corrected chi connectivity index (χ4v) is 6.66. The van der Waals surface area contributed by atoms with Crippen LogP contribution in [0.5, 0.6) is 0 Å². The quantitative estimate of drug-likeness (QED) is 0.340. The van der Waals surface area contributed by atoms with Crippen LogP contribution < -0.4 is 4.90 Å². The van der Waals surface area contributed by atoms with Gasteiger partial charge in [0.25, 0.3) is 5.91 Å². The van der Waals surface area contributed by atoms with Crippen LogP contribution in [-0.2, 0) is 16.6 Å². The van der Waals surface area contributed by atoms with Crippen LogP contribution >= 0.6 is 0 Å². The molecule has 0 bridgehead atoms. The first-order valence-corrected chi connectivity index (χ1v) is 14.5. The highest BCUT2D eigenvalue weighted by Crippen LogP contribution is 2.53. The molecule has 2 aromatic carbocycles. The fourth-order valence-electron chi connectivity index (χ4n) is 6.66. The maximum absolute atomic E-state index is 15.1. The van der Waals surface area contributed by atoms with Crippen molar-refractivity contribution in [3.8, 4) is 5.69 Å². The molecular weight excluding hydrogens is 576 g/mol. The molecule has 4 aliphatic rings. The number of alkyl halides is 3. The van der Waals surface area contributed by atoms with Gasteiger partial charge in [0.1, 0.15) is 30.1 Å². The number of halogens is 6. The molecule has 0 spiro atoms. The molecule has 1 aromatic heterocycles. The summed E-state index contributed by atoms with van der Waals surface area (Å²) >= 11 is 0. The Kier molecular flexibility index (Phi) is 6.62. The van der Waals surface area contributed by atoms with Crippen molar-refractivity contribution in [2.75, 3.05) is 24.5 Å². The minimum absolute atomic E-state index is 0.0616. The van der Waals surface area contributed by atoms with Gasteiger partial charge in [-0.1, -0.05) is 0 Å². The summed E-state index contributed by atoms with van der Waals surface area (Å²) in [6.45, 7) is 1.96. The van der Waals surface area contributed by atoms with Crippen LogP contribution in [0, 0.1) is 35.2 Å². The molecule has 7 rings (SSSR count). The summed E-state index contributed by atoms with van der Waals surface area (Å²) < 4.78 is 88.9. The van der Waals surface area contributed by atoms with Crippen LogP contribution in [-0.4, -0.2) is 56.4 Å². The molecule has 3 aromatic rings. The summed E-state index contributed by atoms with van der Waals surface area (Å²) in [4.78, 5) is 21.2. The average molecular weight is 606 g/mol. The number of carbonyl (C=O) groups is 1. The number of amides is 1. The van der Waals surface area contributed by atoms with E-state index in [1.807, 2.05) is 0 Å². The second-order valence-electron chi connectivity index (χ2n) is 12.4. The van der Waals surface area contributed by atoms with Gasteiger partial charge in [0.2, 0.25) is 5.60 Å². The van der Waals surface area contributed by atoms with E-state index in [4.69, 9.17) is 0 Å². The Balaban J connectivity index is 1.28. The van der Waals surface area contributed by atoms with Gasteiger partial charge in [-0.2, -0.15) is 18.3 Å². The van der Waals surface area contributed by atoms with Crippen LogP contribution in [0.4, 0.5) is 32.0 Å². The lowest BCUT2D eigenvalue weighted by atomic mass is 9.78. The number of rotatable bonds is 9. The number of hydrogen-bond donors (Lipinski definition) is 1. The SMILES string of the molecule is O=C1N(CC2CC(N(CC3CC3)CC3CC3)C2)c2cc(-n3cncn3)cc(C(F)(F)F)c2C1(O)c1c(F)cc(F)cc1F. The predicted molar refractivity (Wildman–Crippen MR) is 142 cm³/mol. The van der Waals surface area contributed by atoms with E-state index in [1.54, 1.807) is 0 Å². The topological polar surface area (TPSA) is 74.5 Å². The van der Waals surface area contributed by atoms with Crippen LogP contribution in [0.1, 0.15) is 55.2 Å². The van der Waals surface area contributed by atoms with Gasteiger partial charge in [-0.25, -0.2) is 22.8 Å². The van der Waals surface area contributed by atoms with Gasteiger partial charge in [0, 0.05) is 43.4 Å². The fraction of sp³-hybridized carbons (Fsp3) is 0.500. The zero-order valence-corrected chi connectivity index (χ0v) is 23.0. The molecule has 1 N–H and O–H groups in total. The first-order chi connectivity index (χ1) is 20.4. The molecule has 3 fully saturated rings. The Morgan fingerprint density at radius 3 is 2.09 bits per heavy atom. The summed E-state index contributed by atoms with van der Waals surface area (Å²) in [5.41, 5.74) is -7.67. The first-order valence-electron chi connectivity index (χ1n) is 14.5. The second-order valence-corrected chi connectivity index (χ2v) is 12.4. The van der Waals surface area contributed by atoms with E-state index in [0.717, 1.165) is 29.0 Å². The number of anilines is 1. The predicted octanol–water partition coefficient (Wildman–Crippen LogP) is 5.19. The van der Waals surface area contributed by atoms with E-state index in [2.05, 4.69) is 15.0 Å². The molecule has 1 atom stereocenters. The summed E-state index contributed by atoms with van der Waals surface area (Å²) in [5, 5.41) is 15.7. The van der Waals surface area contributed by atoms with Gasteiger partial charge in [-0.05, 0) is 68.4 Å². The molecule has 43 heavy (non-hydrogen) atoms. The highest BCUT2D eigenvalue weighted by atomic mass is 19.4. The van der Waals surface area contributed by atoms with E-state index in [-0.39, 0.29) is 42.0 Å². The van der Waals surface area contributed by atoms with Crippen molar-refractivity contribution in [3.63, 3.8) is 0 Å². The second kappa shape index (κ2) is 10.0. The summed E-state index contributed by atoms with van der Waals surface area (Å²) in [6, 6.07) is 2.60. The van der Waals surface area contributed by atoms with Gasteiger partial charge in [0.15, 0.2) is 0 Å². The molecule has 228 valence electrons. The zero-order chi connectivity index (χ0) is 30.3. The maximum Gasteiger partial charge on any atom is 0.416 e. The minimum Gasteiger partial charge on any atom is -0.371 e. The average Bonchev–Trinajstić information content (AvgIpc) is 3.83. The van der Waals surface area contributed by atoms with Crippen LogP contribution in [0.25, 0.3) is 5.69 Å². The lowest BCUT2D eigenvalue weighted by molar-refractivity contribution is -0.142. The van der Waals surface area contributed by atoms with E-state index in [0.29, 0.717) is 30.7 Å². The van der Waals surface area contributed by atoms with Gasteiger partial charge in [0.05, 0.1) is 22.5 Å². The van der Waals surface area contributed by atoms with E-state index in [1.165, 1.54) is 38.1 Å². The number of carbonyl (C=O) groups excluding carboxylic acids is 1. The lowest BCUT2D eigenvalue weighted by Crippen LogP contribution is -2.51. The first kappa shape index (κ1) is 28.3. The maximum atomic E-state index is 15.1. The molecule has 1 amide bonds. The van der Waals surface area contributed by atoms with Crippen molar-refractivity contribution in [2.24, 2.45) is 17.8 Å². The number of aliphatic hydroxyl groups is 1. The molecule has 3 aliphatic carbocycles. The molecule has 7 nitrogen and oxygen atoms in total. The van der Waals surface area contributed by atoms with Crippen molar-refractivity contribution >= 4 is 11.6 Å². The van der Waals surface area contributed by atoms with Crippen LogP contribution in [0.15, 0.2) is 36.9 Å². The molecule has 0 radical (unpaired) electrons. The third-order valence-electron chi connectivity index (χ3n) is 9.21. The Labute approximate surface area is 243 Å². The summed E-state index contributed by atoms with van der Waals surface area (Å²) in [6.07, 6.45) is 3.37. The highest BCUT2D eigenvalue weighted by molar-refractivity contribution is 6.10. The molecule has 1 unspecified atom stereocenters. The lowest BCUT2D eigenvalue weighted by Gasteiger charge is -2.44. The van der Waals surface area contributed by atoms with Crippen molar-refractivity contribution < 1.29 is 36.2 Å². The number of hydrogen-bond acceptors (Lipinski definition) is 5. The van der Waals surface area contributed by atoms with Gasteiger partial charge in [-0.15, -0.1) is 0 Å². The Morgan fingerprint density at radius 2 is 1.56 bits per heavy atom. The molecule has 3 saturated carbocycles. The monoisotopic (exact) mass is 605 g/mol. The largest absolute Gasteiger partial charge is 0.416 e. The van der Waals surface area contributed by atoms with E-state index in [9.17, 15) is 27.5 Å². The normalized spacial score (nSPS) is 25.4. The Hall–Kier alpha value is -3.45. The molecule has 1 aliphatic heterocycles. The summed E-state index contributed by atoms with van der Waals surface area (Å²) in [7, 11) is 0. The van der Waals surface area contributed by atoms with Gasteiger partial charge in [-0.3, -0.25) is 9.69 Å². The van der Waals surface area contributed by atoms with E-state index >= 15 is 8.78 Å². The number of aromatic nitrogens is 3. The number of benzene rings is 2.